The Bertz CT molecular complexity index is 1150. The van der Waals surface area contributed by atoms with E-state index in [4.69, 9.17) is 8.92 Å². The summed E-state index contributed by atoms with van der Waals surface area (Å²) in [6.07, 6.45) is 0. The maximum atomic E-state index is 12.6. The van der Waals surface area contributed by atoms with Crippen molar-refractivity contribution in [1.29, 1.82) is 0 Å². The van der Waals surface area contributed by atoms with E-state index in [9.17, 15) is 13.2 Å². The first-order chi connectivity index (χ1) is 13.7. The Morgan fingerprint density at radius 1 is 1.07 bits per heavy atom. The topological polar surface area (TPSA) is 99.5 Å². The summed E-state index contributed by atoms with van der Waals surface area (Å²) < 4.78 is 37.1. The van der Waals surface area contributed by atoms with E-state index >= 15 is 0 Å². The van der Waals surface area contributed by atoms with E-state index in [0.717, 1.165) is 0 Å². The monoisotopic (exact) mass is 415 g/mol. The van der Waals surface area contributed by atoms with Gasteiger partial charge >= 0.3 is 10.1 Å². The minimum atomic E-state index is -4.03. The average molecular weight is 415 g/mol. The number of para-hydroxylation sites is 1. The number of ether oxygens (including phenoxy) is 1. The van der Waals surface area contributed by atoms with Gasteiger partial charge in [-0.15, -0.1) is 0 Å². The van der Waals surface area contributed by atoms with Crippen LogP contribution in [0.15, 0.2) is 53.4 Å². The Balaban J connectivity index is 1.76. The molecule has 0 bridgehead atoms. The first-order valence-electron chi connectivity index (χ1n) is 8.72. The van der Waals surface area contributed by atoms with Crippen molar-refractivity contribution >= 4 is 21.7 Å². The van der Waals surface area contributed by atoms with E-state index in [1.807, 2.05) is 0 Å². The molecule has 1 amide bonds. The molecule has 0 fully saturated rings. The van der Waals surface area contributed by atoms with Crippen LogP contribution < -0.4 is 14.2 Å². The number of rotatable bonds is 6. The van der Waals surface area contributed by atoms with Crippen molar-refractivity contribution in [2.75, 3.05) is 12.4 Å². The average Bonchev–Trinajstić information content (AvgIpc) is 2.95. The van der Waals surface area contributed by atoms with Crippen LogP contribution in [0.1, 0.15) is 21.7 Å². The van der Waals surface area contributed by atoms with Crippen LogP contribution in [0, 0.1) is 13.8 Å². The summed E-state index contributed by atoms with van der Waals surface area (Å²) in [7, 11) is -0.871. The molecule has 3 rings (SSSR count). The van der Waals surface area contributed by atoms with E-state index in [-0.39, 0.29) is 16.6 Å². The molecule has 0 aliphatic carbocycles. The van der Waals surface area contributed by atoms with E-state index < -0.39 is 10.1 Å². The predicted molar refractivity (Wildman–Crippen MR) is 108 cm³/mol. The summed E-state index contributed by atoms with van der Waals surface area (Å²) in [5, 5.41) is 6.85. The fourth-order valence-electron chi connectivity index (χ4n) is 2.91. The minimum absolute atomic E-state index is 0.0496. The van der Waals surface area contributed by atoms with Crippen molar-refractivity contribution in [2.24, 2.45) is 7.05 Å². The Morgan fingerprint density at radius 3 is 2.31 bits per heavy atom. The molecule has 8 nitrogen and oxygen atoms in total. The number of nitrogens with one attached hydrogen (secondary N) is 1. The first-order valence-corrected chi connectivity index (χ1v) is 10.1. The summed E-state index contributed by atoms with van der Waals surface area (Å²) in [6, 6.07) is 12.9. The Labute approximate surface area is 169 Å². The molecule has 1 heterocycles. The van der Waals surface area contributed by atoms with Gasteiger partial charge in [-0.3, -0.25) is 9.48 Å². The van der Waals surface area contributed by atoms with Gasteiger partial charge < -0.3 is 14.2 Å². The second-order valence-corrected chi connectivity index (χ2v) is 7.82. The quantitative estimate of drug-likeness (QED) is 0.621. The molecule has 29 heavy (non-hydrogen) atoms. The van der Waals surface area contributed by atoms with Gasteiger partial charge in [0.05, 0.1) is 24.1 Å². The zero-order chi connectivity index (χ0) is 21.2. The highest BCUT2D eigenvalue weighted by Crippen LogP contribution is 2.25. The lowest BCUT2D eigenvalue weighted by Gasteiger charge is -2.10. The molecule has 152 valence electrons. The summed E-state index contributed by atoms with van der Waals surface area (Å²) in [5.74, 6) is 0.242. The fraction of sp³-hybridized carbons (Fsp3) is 0.200. The third-order valence-corrected chi connectivity index (χ3v) is 5.87. The zero-order valence-electron chi connectivity index (χ0n) is 16.5. The molecule has 1 N–H and O–H groups in total. The number of hydrogen-bond donors (Lipinski definition) is 1. The molecule has 3 aromatic rings. The lowest BCUT2D eigenvalue weighted by molar-refractivity contribution is 0.102. The molecular weight excluding hydrogens is 394 g/mol. The molecule has 2 aromatic carbocycles. The van der Waals surface area contributed by atoms with Crippen molar-refractivity contribution in [2.45, 2.75) is 18.7 Å². The van der Waals surface area contributed by atoms with Gasteiger partial charge in [0.2, 0.25) is 0 Å². The minimum Gasteiger partial charge on any atom is -0.496 e. The van der Waals surface area contributed by atoms with Crippen molar-refractivity contribution in [3.63, 3.8) is 0 Å². The van der Waals surface area contributed by atoms with Gasteiger partial charge in [0, 0.05) is 12.7 Å². The Morgan fingerprint density at radius 2 is 1.72 bits per heavy atom. The van der Waals surface area contributed by atoms with E-state index in [1.54, 1.807) is 57.3 Å². The van der Waals surface area contributed by atoms with Crippen molar-refractivity contribution in [3.05, 3.63) is 65.5 Å². The first kappa shape index (κ1) is 20.4. The highest BCUT2D eigenvalue weighted by Gasteiger charge is 2.26. The third kappa shape index (κ3) is 4.24. The van der Waals surface area contributed by atoms with Gasteiger partial charge in [-0.05, 0) is 50.2 Å². The fourth-order valence-corrected chi connectivity index (χ4v) is 4.25. The molecule has 0 aliphatic rings. The molecule has 0 unspecified atom stereocenters. The van der Waals surface area contributed by atoms with Gasteiger partial charge in [-0.1, -0.05) is 12.1 Å². The standard InChI is InChI=1S/C20H21N3O5S/c1-13-19(14(2)23(3)22-13)29(25,26)28-16-11-9-15(10-12-16)21-20(24)17-7-5-6-8-18(17)27-4/h5-12H,1-4H3,(H,21,24). The molecular formula is C20H21N3O5S. The largest absolute Gasteiger partial charge is 0.496 e. The highest BCUT2D eigenvalue weighted by molar-refractivity contribution is 7.87. The molecule has 0 aliphatic heterocycles. The molecule has 0 saturated carbocycles. The van der Waals surface area contributed by atoms with E-state index in [1.165, 1.54) is 23.9 Å². The number of aryl methyl sites for hydroxylation is 2. The normalized spacial score (nSPS) is 11.2. The van der Waals surface area contributed by atoms with E-state index in [2.05, 4.69) is 10.4 Å². The number of benzene rings is 2. The summed E-state index contributed by atoms with van der Waals surface area (Å²) in [6.45, 7) is 3.27. The molecule has 1 aromatic heterocycles. The lowest BCUT2D eigenvalue weighted by Crippen LogP contribution is -2.13. The Hall–Kier alpha value is -3.33. The van der Waals surface area contributed by atoms with Crippen LogP contribution in [-0.4, -0.2) is 31.2 Å². The maximum Gasteiger partial charge on any atom is 0.342 e. The van der Waals surface area contributed by atoms with Crippen LogP contribution in [0.5, 0.6) is 11.5 Å². The van der Waals surface area contributed by atoms with Gasteiger partial charge in [-0.2, -0.15) is 13.5 Å². The summed E-state index contributed by atoms with van der Waals surface area (Å²) in [5.41, 5.74) is 1.73. The lowest BCUT2D eigenvalue weighted by atomic mass is 10.2. The molecule has 9 heteroatoms. The number of carbonyl (C=O) groups excluding carboxylic acids is 1. The number of carbonyl (C=O) groups is 1. The molecule has 0 spiro atoms. The summed E-state index contributed by atoms with van der Waals surface area (Å²) >= 11 is 0. The number of aromatic nitrogens is 2. The van der Waals surface area contributed by atoms with Crippen molar-refractivity contribution in [1.82, 2.24) is 9.78 Å². The SMILES string of the molecule is COc1ccccc1C(=O)Nc1ccc(OS(=O)(=O)c2c(C)nn(C)c2C)cc1. The van der Waals surface area contributed by atoms with Gasteiger partial charge in [0.1, 0.15) is 16.4 Å². The van der Waals surface area contributed by atoms with Crippen molar-refractivity contribution < 1.29 is 22.1 Å². The smallest absolute Gasteiger partial charge is 0.342 e. The second kappa shape index (κ2) is 7.96. The Kier molecular flexibility index (Phi) is 5.60. The predicted octanol–water partition coefficient (Wildman–Crippen LogP) is 3.07. The van der Waals surface area contributed by atoms with Crippen molar-refractivity contribution in [3.8, 4) is 11.5 Å². The van der Waals surface area contributed by atoms with Crippen LogP contribution >= 0.6 is 0 Å². The number of hydrogen-bond acceptors (Lipinski definition) is 6. The van der Waals surface area contributed by atoms with Crippen LogP contribution in [0.2, 0.25) is 0 Å². The van der Waals surface area contributed by atoms with Crippen LogP contribution in [0.25, 0.3) is 0 Å². The number of amides is 1. The zero-order valence-corrected chi connectivity index (χ0v) is 17.3. The molecule has 0 atom stereocenters. The summed E-state index contributed by atoms with van der Waals surface area (Å²) in [4.78, 5) is 12.5. The van der Waals surface area contributed by atoms with Gasteiger partial charge in [0.15, 0.2) is 0 Å². The third-order valence-electron chi connectivity index (χ3n) is 4.36. The maximum absolute atomic E-state index is 12.6. The van der Waals surface area contributed by atoms with Crippen LogP contribution in [0.3, 0.4) is 0 Å². The number of methoxy groups -OCH3 is 1. The number of nitrogens with zero attached hydrogens (tertiary/aromatic N) is 2. The number of anilines is 1. The van der Waals surface area contributed by atoms with E-state index in [0.29, 0.717) is 28.4 Å². The second-order valence-electron chi connectivity index (χ2n) is 6.34. The highest BCUT2D eigenvalue weighted by atomic mass is 32.2. The van der Waals surface area contributed by atoms with Gasteiger partial charge in [0.25, 0.3) is 5.91 Å². The molecule has 0 saturated heterocycles. The van der Waals surface area contributed by atoms with Crippen LogP contribution in [0.4, 0.5) is 5.69 Å². The van der Waals surface area contributed by atoms with Crippen LogP contribution in [-0.2, 0) is 17.2 Å². The molecule has 0 radical (unpaired) electrons. The van der Waals surface area contributed by atoms with Gasteiger partial charge in [-0.25, -0.2) is 0 Å².